The number of halogens is 1. The molecule has 0 aliphatic heterocycles. The molecular formula is C15H18FN3OS. The molecule has 0 aliphatic carbocycles. The van der Waals surface area contributed by atoms with E-state index in [1.807, 2.05) is 17.7 Å². The van der Waals surface area contributed by atoms with Gasteiger partial charge >= 0.3 is 0 Å². The molecule has 0 saturated heterocycles. The zero-order valence-electron chi connectivity index (χ0n) is 11.9. The van der Waals surface area contributed by atoms with E-state index in [1.54, 1.807) is 18.3 Å². The van der Waals surface area contributed by atoms with Gasteiger partial charge in [0.05, 0.1) is 5.75 Å². The van der Waals surface area contributed by atoms with Crippen molar-refractivity contribution in [1.82, 2.24) is 14.9 Å². The van der Waals surface area contributed by atoms with Crippen LogP contribution in [0.15, 0.2) is 41.8 Å². The number of nitrogens with zero attached hydrogens (tertiary/aromatic N) is 2. The number of hydrogen-bond donors (Lipinski definition) is 1. The number of aromatic nitrogens is 2. The molecule has 0 aliphatic rings. The van der Waals surface area contributed by atoms with Crippen molar-refractivity contribution in [2.75, 3.05) is 12.3 Å². The lowest BCUT2D eigenvalue weighted by Crippen LogP contribution is -2.25. The van der Waals surface area contributed by atoms with Crippen LogP contribution in [0.4, 0.5) is 4.39 Å². The molecule has 0 bridgehead atoms. The van der Waals surface area contributed by atoms with Crippen molar-refractivity contribution in [3.8, 4) is 0 Å². The third kappa shape index (κ3) is 4.90. The second-order valence-electron chi connectivity index (χ2n) is 4.60. The van der Waals surface area contributed by atoms with Crippen LogP contribution in [0.5, 0.6) is 0 Å². The average molecular weight is 307 g/mol. The van der Waals surface area contributed by atoms with Crippen molar-refractivity contribution in [3.05, 3.63) is 48.0 Å². The van der Waals surface area contributed by atoms with Crippen molar-refractivity contribution in [2.45, 2.75) is 25.0 Å². The van der Waals surface area contributed by atoms with Gasteiger partial charge in [0.1, 0.15) is 5.82 Å². The summed E-state index contributed by atoms with van der Waals surface area (Å²) in [5, 5.41) is 3.61. The smallest absolute Gasteiger partial charge is 0.230 e. The number of carbonyl (C=O) groups excluding carboxylic acids is 1. The van der Waals surface area contributed by atoms with Crippen LogP contribution in [0.1, 0.15) is 18.9 Å². The van der Waals surface area contributed by atoms with Crippen LogP contribution in [0.3, 0.4) is 0 Å². The maximum absolute atomic E-state index is 12.9. The maximum Gasteiger partial charge on any atom is 0.230 e. The van der Waals surface area contributed by atoms with Crippen LogP contribution in [0, 0.1) is 5.82 Å². The van der Waals surface area contributed by atoms with Gasteiger partial charge in [-0.2, -0.15) is 0 Å². The summed E-state index contributed by atoms with van der Waals surface area (Å²) in [4.78, 5) is 15.8. The number of rotatable bonds is 7. The Morgan fingerprint density at radius 3 is 2.86 bits per heavy atom. The van der Waals surface area contributed by atoms with Crippen molar-refractivity contribution in [2.24, 2.45) is 0 Å². The standard InChI is InChI=1S/C15H18FN3OS/c1-2-7-17-14(20)11-21-15-18-8-9-19(15)10-12-3-5-13(16)6-4-12/h3-6,8-9H,2,7,10-11H2,1H3,(H,17,20). The Bertz CT molecular complexity index is 583. The van der Waals surface area contributed by atoms with E-state index < -0.39 is 0 Å². The minimum absolute atomic E-state index is 0.0122. The number of thioether (sulfide) groups is 1. The van der Waals surface area contributed by atoms with E-state index in [0.29, 0.717) is 18.8 Å². The van der Waals surface area contributed by atoms with E-state index in [-0.39, 0.29) is 11.7 Å². The van der Waals surface area contributed by atoms with Crippen LogP contribution < -0.4 is 5.32 Å². The molecule has 0 radical (unpaired) electrons. The first kappa shape index (κ1) is 15.6. The zero-order chi connectivity index (χ0) is 15.1. The molecule has 21 heavy (non-hydrogen) atoms. The monoisotopic (exact) mass is 307 g/mol. The molecule has 0 unspecified atom stereocenters. The topological polar surface area (TPSA) is 46.9 Å². The molecule has 1 heterocycles. The Balaban J connectivity index is 1.92. The molecule has 6 heteroatoms. The van der Waals surface area contributed by atoms with Crippen LogP contribution in [-0.2, 0) is 11.3 Å². The highest BCUT2D eigenvalue weighted by molar-refractivity contribution is 7.99. The minimum Gasteiger partial charge on any atom is -0.355 e. The first-order chi connectivity index (χ1) is 10.2. The highest BCUT2D eigenvalue weighted by Crippen LogP contribution is 2.17. The number of hydrogen-bond acceptors (Lipinski definition) is 3. The first-order valence-corrected chi connectivity index (χ1v) is 7.82. The summed E-state index contributed by atoms with van der Waals surface area (Å²) >= 11 is 1.40. The predicted molar refractivity (Wildman–Crippen MR) is 81.8 cm³/mol. The lowest BCUT2D eigenvalue weighted by molar-refractivity contribution is -0.118. The van der Waals surface area contributed by atoms with E-state index in [1.165, 1.54) is 23.9 Å². The van der Waals surface area contributed by atoms with Gasteiger partial charge < -0.3 is 9.88 Å². The summed E-state index contributed by atoms with van der Waals surface area (Å²) in [6, 6.07) is 6.38. The third-order valence-electron chi connectivity index (χ3n) is 2.85. The summed E-state index contributed by atoms with van der Waals surface area (Å²) < 4.78 is 14.8. The average Bonchev–Trinajstić information content (AvgIpc) is 2.92. The van der Waals surface area contributed by atoms with Gasteiger partial charge in [-0.05, 0) is 24.1 Å². The Morgan fingerprint density at radius 2 is 2.14 bits per heavy atom. The Kier molecular flexibility index (Phi) is 5.80. The second-order valence-corrected chi connectivity index (χ2v) is 5.55. The highest BCUT2D eigenvalue weighted by atomic mass is 32.2. The van der Waals surface area contributed by atoms with Gasteiger partial charge in [0, 0.05) is 25.5 Å². The molecule has 1 aromatic heterocycles. The van der Waals surface area contributed by atoms with Gasteiger partial charge in [-0.25, -0.2) is 9.37 Å². The van der Waals surface area contributed by atoms with Crippen LogP contribution in [0.2, 0.25) is 0 Å². The number of benzene rings is 1. The summed E-state index contributed by atoms with van der Waals surface area (Å²) in [5.74, 6) is 0.116. The van der Waals surface area contributed by atoms with E-state index >= 15 is 0 Å². The molecule has 112 valence electrons. The molecule has 4 nitrogen and oxygen atoms in total. The summed E-state index contributed by atoms with van der Waals surface area (Å²) in [6.45, 7) is 3.32. The molecular weight excluding hydrogens is 289 g/mol. The lowest BCUT2D eigenvalue weighted by atomic mass is 10.2. The molecule has 0 saturated carbocycles. The van der Waals surface area contributed by atoms with Gasteiger partial charge in [0.15, 0.2) is 5.16 Å². The van der Waals surface area contributed by atoms with Gasteiger partial charge in [-0.1, -0.05) is 30.8 Å². The van der Waals surface area contributed by atoms with Gasteiger partial charge in [0.25, 0.3) is 0 Å². The Morgan fingerprint density at radius 1 is 1.38 bits per heavy atom. The quantitative estimate of drug-likeness (QED) is 0.800. The summed E-state index contributed by atoms with van der Waals surface area (Å²) in [6.07, 6.45) is 4.49. The molecule has 0 fully saturated rings. The van der Waals surface area contributed by atoms with Crippen molar-refractivity contribution in [1.29, 1.82) is 0 Å². The van der Waals surface area contributed by atoms with Crippen molar-refractivity contribution < 1.29 is 9.18 Å². The van der Waals surface area contributed by atoms with Crippen molar-refractivity contribution in [3.63, 3.8) is 0 Å². The Hall–Kier alpha value is -1.82. The molecule has 0 spiro atoms. The molecule has 1 amide bonds. The summed E-state index contributed by atoms with van der Waals surface area (Å²) in [5.41, 5.74) is 0.992. The normalized spacial score (nSPS) is 10.6. The number of nitrogens with one attached hydrogen (secondary N) is 1. The SMILES string of the molecule is CCCNC(=O)CSc1nccn1Cc1ccc(F)cc1. The molecule has 2 aromatic rings. The second kappa shape index (κ2) is 7.83. The minimum atomic E-state index is -0.244. The number of imidazole rings is 1. The van der Waals surface area contributed by atoms with Gasteiger partial charge in [0.2, 0.25) is 5.91 Å². The summed E-state index contributed by atoms with van der Waals surface area (Å²) in [7, 11) is 0. The van der Waals surface area contributed by atoms with E-state index in [0.717, 1.165) is 17.1 Å². The van der Waals surface area contributed by atoms with Crippen LogP contribution in [0.25, 0.3) is 0 Å². The van der Waals surface area contributed by atoms with E-state index in [9.17, 15) is 9.18 Å². The van der Waals surface area contributed by atoms with Gasteiger partial charge in [-0.3, -0.25) is 4.79 Å². The van der Waals surface area contributed by atoms with Gasteiger partial charge in [-0.15, -0.1) is 0 Å². The van der Waals surface area contributed by atoms with Crippen LogP contribution >= 0.6 is 11.8 Å². The number of amides is 1. The fraction of sp³-hybridized carbons (Fsp3) is 0.333. The molecule has 1 N–H and O–H groups in total. The Labute approximate surface area is 127 Å². The lowest BCUT2D eigenvalue weighted by Gasteiger charge is -2.08. The molecule has 1 aromatic carbocycles. The largest absolute Gasteiger partial charge is 0.355 e. The fourth-order valence-corrected chi connectivity index (χ4v) is 2.58. The molecule has 0 atom stereocenters. The highest BCUT2D eigenvalue weighted by Gasteiger charge is 2.07. The maximum atomic E-state index is 12.9. The van der Waals surface area contributed by atoms with Crippen LogP contribution in [-0.4, -0.2) is 27.8 Å². The molecule has 2 rings (SSSR count). The van der Waals surface area contributed by atoms with E-state index in [2.05, 4.69) is 10.3 Å². The predicted octanol–water partition coefficient (Wildman–Crippen LogP) is 2.69. The fourth-order valence-electron chi connectivity index (χ4n) is 1.79. The van der Waals surface area contributed by atoms with Crippen molar-refractivity contribution >= 4 is 17.7 Å². The number of carbonyl (C=O) groups is 1. The third-order valence-corrected chi connectivity index (χ3v) is 3.85. The van der Waals surface area contributed by atoms with E-state index in [4.69, 9.17) is 0 Å². The first-order valence-electron chi connectivity index (χ1n) is 6.84. The zero-order valence-corrected chi connectivity index (χ0v) is 12.7.